The molecule has 1 saturated heterocycles. The number of aliphatic imine (C=N–C) groups is 1. The zero-order valence-corrected chi connectivity index (χ0v) is 11.2. The summed E-state index contributed by atoms with van der Waals surface area (Å²) in [5.74, 6) is 1.18. The minimum absolute atomic E-state index is 0.223. The topological polar surface area (TPSA) is 27.6 Å². The Morgan fingerprint density at radius 1 is 1.53 bits per heavy atom. The number of likely N-dealkylation sites (N-methyl/N-ethyl adjacent to an activating group) is 1. The van der Waals surface area contributed by atoms with Gasteiger partial charge in [0.05, 0.1) is 6.54 Å². The van der Waals surface area contributed by atoms with E-state index in [1.54, 1.807) is 0 Å². The monoisotopic (exact) mass is 229 g/mol. The number of hydrogen-bond donors (Lipinski definition) is 1. The normalized spacial score (nSPS) is 23.1. The van der Waals surface area contributed by atoms with Gasteiger partial charge in [0.15, 0.2) is 5.17 Å². The largest absolute Gasteiger partial charge is 0.360 e. The van der Waals surface area contributed by atoms with Crippen LogP contribution in [0.4, 0.5) is 0 Å². The number of rotatable bonds is 4. The Balaban J connectivity index is 2.33. The summed E-state index contributed by atoms with van der Waals surface area (Å²) < 4.78 is 0. The van der Waals surface area contributed by atoms with E-state index < -0.39 is 0 Å². The molecule has 1 fully saturated rings. The molecule has 0 amide bonds. The van der Waals surface area contributed by atoms with Gasteiger partial charge in [-0.05, 0) is 33.9 Å². The van der Waals surface area contributed by atoms with Crippen LogP contribution in [0.1, 0.15) is 27.2 Å². The number of nitrogens with zero attached hydrogens (tertiary/aromatic N) is 2. The van der Waals surface area contributed by atoms with Crippen LogP contribution in [0.5, 0.6) is 0 Å². The summed E-state index contributed by atoms with van der Waals surface area (Å²) in [6.45, 7) is 9.68. The molecule has 1 aliphatic rings. The molecule has 0 aliphatic carbocycles. The minimum Gasteiger partial charge on any atom is -0.360 e. The van der Waals surface area contributed by atoms with Gasteiger partial charge in [0.25, 0.3) is 0 Å². The summed E-state index contributed by atoms with van der Waals surface area (Å²) in [5.41, 5.74) is 0.223. The van der Waals surface area contributed by atoms with Gasteiger partial charge >= 0.3 is 0 Å². The highest BCUT2D eigenvalue weighted by Gasteiger charge is 2.23. The van der Waals surface area contributed by atoms with Crippen LogP contribution < -0.4 is 5.32 Å². The van der Waals surface area contributed by atoms with Crippen LogP contribution >= 0.6 is 11.8 Å². The lowest BCUT2D eigenvalue weighted by Gasteiger charge is -2.32. The molecule has 4 heteroatoms. The van der Waals surface area contributed by atoms with Gasteiger partial charge in [-0.15, -0.1) is 0 Å². The highest BCUT2D eigenvalue weighted by Crippen LogP contribution is 2.21. The lowest BCUT2D eigenvalue weighted by Crippen LogP contribution is -2.46. The Bertz CT molecular complexity index is 226. The number of amidine groups is 1. The first kappa shape index (κ1) is 12.8. The minimum atomic E-state index is 0.223. The van der Waals surface area contributed by atoms with Crippen LogP contribution in [0.15, 0.2) is 4.99 Å². The fraction of sp³-hybridized carbons (Fsp3) is 0.909. The molecule has 1 N–H and O–H groups in total. The molecule has 88 valence electrons. The Hall–Kier alpha value is -0.220. The summed E-state index contributed by atoms with van der Waals surface area (Å²) in [5, 5.41) is 4.60. The molecule has 1 heterocycles. The smallest absolute Gasteiger partial charge is 0.157 e. The SMILES string of the molecule is CCN(C)CCN=C1NC(C)(C)CCS1. The van der Waals surface area contributed by atoms with Gasteiger partial charge in [-0.1, -0.05) is 18.7 Å². The molecular weight excluding hydrogens is 206 g/mol. The first-order valence-corrected chi connectivity index (χ1v) is 6.66. The second-order valence-corrected chi connectivity index (χ2v) is 5.77. The Morgan fingerprint density at radius 2 is 2.27 bits per heavy atom. The van der Waals surface area contributed by atoms with Crippen molar-refractivity contribution >= 4 is 16.9 Å². The van der Waals surface area contributed by atoms with Crippen molar-refractivity contribution in [2.75, 3.05) is 32.4 Å². The first-order valence-electron chi connectivity index (χ1n) is 5.67. The third kappa shape index (κ3) is 4.89. The highest BCUT2D eigenvalue weighted by atomic mass is 32.2. The third-order valence-electron chi connectivity index (χ3n) is 2.69. The molecule has 0 aromatic rings. The maximum absolute atomic E-state index is 4.59. The molecular formula is C11H23N3S. The number of hydrogen-bond acceptors (Lipinski definition) is 3. The number of nitrogens with one attached hydrogen (secondary N) is 1. The molecule has 0 spiro atoms. The third-order valence-corrected chi connectivity index (χ3v) is 3.60. The molecule has 0 radical (unpaired) electrons. The lowest BCUT2D eigenvalue weighted by molar-refractivity contribution is 0.363. The zero-order valence-electron chi connectivity index (χ0n) is 10.3. The molecule has 0 bridgehead atoms. The van der Waals surface area contributed by atoms with Crippen molar-refractivity contribution in [2.24, 2.45) is 4.99 Å². The zero-order chi connectivity index (χ0) is 11.3. The fourth-order valence-electron chi connectivity index (χ4n) is 1.36. The van der Waals surface area contributed by atoms with E-state index in [4.69, 9.17) is 0 Å². The van der Waals surface area contributed by atoms with E-state index in [-0.39, 0.29) is 5.54 Å². The van der Waals surface area contributed by atoms with Crippen LogP contribution in [0.3, 0.4) is 0 Å². The average Bonchev–Trinajstić information content (AvgIpc) is 2.16. The molecule has 3 nitrogen and oxygen atoms in total. The van der Waals surface area contributed by atoms with Crippen molar-refractivity contribution < 1.29 is 0 Å². The van der Waals surface area contributed by atoms with Gasteiger partial charge in [-0.25, -0.2) is 0 Å². The maximum Gasteiger partial charge on any atom is 0.157 e. The van der Waals surface area contributed by atoms with Crippen LogP contribution in [-0.2, 0) is 0 Å². The molecule has 1 rings (SSSR count). The van der Waals surface area contributed by atoms with Crippen molar-refractivity contribution in [1.29, 1.82) is 0 Å². The Kier molecular flexibility index (Phi) is 4.93. The van der Waals surface area contributed by atoms with Gasteiger partial charge in [-0.2, -0.15) is 0 Å². The predicted molar refractivity (Wildman–Crippen MR) is 69.8 cm³/mol. The molecule has 0 saturated carbocycles. The molecule has 0 aromatic heterocycles. The molecule has 1 aliphatic heterocycles. The van der Waals surface area contributed by atoms with E-state index in [1.807, 2.05) is 11.8 Å². The lowest BCUT2D eigenvalue weighted by atomic mass is 10.0. The fourth-order valence-corrected chi connectivity index (χ4v) is 2.69. The molecule has 0 unspecified atom stereocenters. The van der Waals surface area contributed by atoms with Gasteiger partial charge in [0.2, 0.25) is 0 Å². The van der Waals surface area contributed by atoms with E-state index in [9.17, 15) is 0 Å². The van der Waals surface area contributed by atoms with Crippen molar-refractivity contribution in [3.05, 3.63) is 0 Å². The standard InChI is InChI=1S/C11H23N3S/c1-5-14(4)8-7-12-10-13-11(2,3)6-9-15-10/h5-9H2,1-4H3,(H,12,13). The Labute approximate surface area is 97.7 Å². The van der Waals surface area contributed by atoms with E-state index in [0.717, 1.165) is 24.8 Å². The van der Waals surface area contributed by atoms with E-state index in [0.29, 0.717) is 0 Å². The number of thioether (sulfide) groups is 1. The Morgan fingerprint density at radius 3 is 2.87 bits per heavy atom. The van der Waals surface area contributed by atoms with E-state index >= 15 is 0 Å². The average molecular weight is 229 g/mol. The summed E-state index contributed by atoms with van der Waals surface area (Å²) in [6.07, 6.45) is 1.21. The van der Waals surface area contributed by atoms with Crippen molar-refractivity contribution in [1.82, 2.24) is 10.2 Å². The van der Waals surface area contributed by atoms with Gasteiger partial charge in [0, 0.05) is 17.8 Å². The molecule has 0 atom stereocenters. The van der Waals surface area contributed by atoms with Gasteiger partial charge < -0.3 is 10.2 Å². The molecule has 0 aromatic carbocycles. The maximum atomic E-state index is 4.59. The van der Waals surface area contributed by atoms with Crippen LogP contribution in [-0.4, -0.2) is 48.0 Å². The second kappa shape index (κ2) is 5.75. The quantitative estimate of drug-likeness (QED) is 0.796. The van der Waals surface area contributed by atoms with Crippen LogP contribution in [0, 0.1) is 0 Å². The van der Waals surface area contributed by atoms with Crippen LogP contribution in [0.2, 0.25) is 0 Å². The van der Waals surface area contributed by atoms with Crippen molar-refractivity contribution in [3.63, 3.8) is 0 Å². The van der Waals surface area contributed by atoms with Gasteiger partial charge in [0.1, 0.15) is 0 Å². The predicted octanol–water partition coefficient (Wildman–Crippen LogP) is 1.80. The van der Waals surface area contributed by atoms with Gasteiger partial charge in [-0.3, -0.25) is 4.99 Å². The summed E-state index contributed by atoms with van der Waals surface area (Å²) >= 11 is 1.85. The van der Waals surface area contributed by atoms with E-state index in [2.05, 4.69) is 43.0 Å². The second-order valence-electron chi connectivity index (χ2n) is 4.69. The van der Waals surface area contributed by atoms with Crippen LogP contribution in [0.25, 0.3) is 0 Å². The first-order chi connectivity index (χ1) is 7.03. The van der Waals surface area contributed by atoms with E-state index in [1.165, 1.54) is 12.2 Å². The summed E-state index contributed by atoms with van der Waals surface area (Å²) in [7, 11) is 2.13. The van der Waals surface area contributed by atoms with Crippen molar-refractivity contribution in [3.8, 4) is 0 Å². The summed E-state index contributed by atoms with van der Waals surface area (Å²) in [6, 6.07) is 0. The van der Waals surface area contributed by atoms with Crippen molar-refractivity contribution in [2.45, 2.75) is 32.7 Å². The molecule has 15 heavy (non-hydrogen) atoms. The summed E-state index contributed by atoms with van der Waals surface area (Å²) in [4.78, 5) is 6.87. The highest BCUT2D eigenvalue weighted by molar-refractivity contribution is 8.13.